The van der Waals surface area contributed by atoms with Crippen molar-refractivity contribution in [3.05, 3.63) is 65.7 Å². The summed E-state index contributed by atoms with van der Waals surface area (Å²) in [7, 11) is 1.68. The van der Waals surface area contributed by atoms with Crippen molar-refractivity contribution in [3.63, 3.8) is 0 Å². The summed E-state index contributed by atoms with van der Waals surface area (Å²) in [4.78, 5) is 0. The van der Waals surface area contributed by atoms with Crippen LogP contribution in [0.15, 0.2) is 54.6 Å². The van der Waals surface area contributed by atoms with Crippen LogP contribution in [-0.4, -0.2) is 37.6 Å². The second-order valence-corrected chi connectivity index (χ2v) is 8.42. The van der Waals surface area contributed by atoms with Gasteiger partial charge in [-0.1, -0.05) is 42.5 Å². The van der Waals surface area contributed by atoms with Gasteiger partial charge in [-0.15, -0.1) is 0 Å². The zero-order valence-electron chi connectivity index (χ0n) is 17.3. The fourth-order valence-electron chi connectivity index (χ4n) is 4.58. The molecular formula is C24H33NO3. The molecule has 4 heteroatoms. The molecule has 2 N–H and O–H groups in total. The Kier molecular flexibility index (Phi) is 6.76. The highest BCUT2D eigenvalue weighted by Gasteiger charge is 2.46. The molecule has 2 aromatic carbocycles. The Labute approximate surface area is 168 Å². The number of aliphatic hydroxyl groups is 1. The van der Waals surface area contributed by atoms with Crippen LogP contribution in [-0.2, 0) is 16.7 Å². The van der Waals surface area contributed by atoms with E-state index in [4.69, 9.17) is 9.47 Å². The van der Waals surface area contributed by atoms with E-state index in [-0.39, 0.29) is 23.5 Å². The topological polar surface area (TPSA) is 50.7 Å². The number of benzene rings is 2. The zero-order valence-corrected chi connectivity index (χ0v) is 17.3. The second kappa shape index (κ2) is 9.08. The van der Waals surface area contributed by atoms with E-state index in [1.54, 1.807) is 7.11 Å². The molecule has 28 heavy (non-hydrogen) atoms. The van der Waals surface area contributed by atoms with Gasteiger partial charge in [0.1, 0.15) is 5.75 Å². The summed E-state index contributed by atoms with van der Waals surface area (Å²) in [5.74, 6) is 0.987. The summed E-state index contributed by atoms with van der Waals surface area (Å²) in [5.41, 5.74) is 2.22. The Morgan fingerprint density at radius 3 is 2.43 bits per heavy atom. The molecule has 1 aliphatic rings. The van der Waals surface area contributed by atoms with Crippen molar-refractivity contribution < 1.29 is 14.6 Å². The molecule has 4 nitrogen and oxygen atoms in total. The van der Waals surface area contributed by atoms with E-state index in [0.29, 0.717) is 0 Å². The van der Waals surface area contributed by atoms with Gasteiger partial charge in [0.25, 0.3) is 0 Å². The summed E-state index contributed by atoms with van der Waals surface area (Å²) in [5, 5.41) is 13.9. The third-order valence-corrected chi connectivity index (χ3v) is 6.01. The van der Waals surface area contributed by atoms with Gasteiger partial charge in [-0.05, 0) is 49.9 Å². The van der Waals surface area contributed by atoms with E-state index >= 15 is 0 Å². The molecule has 1 saturated heterocycles. The third-order valence-electron chi connectivity index (χ3n) is 6.01. The summed E-state index contributed by atoms with van der Waals surface area (Å²) >= 11 is 0. The van der Waals surface area contributed by atoms with Crippen LogP contribution in [0.1, 0.15) is 37.8 Å². The Balaban J connectivity index is 1.75. The first kappa shape index (κ1) is 20.8. The quantitative estimate of drug-likeness (QED) is 0.725. The number of rotatable bonds is 8. The average Bonchev–Trinajstić information content (AvgIpc) is 2.71. The molecular weight excluding hydrogens is 350 g/mol. The minimum Gasteiger partial charge on any atom is -0.497 e. The fourth-order valence-corrected chi connectivity index (χ4v) is 4.58. The molecule has 2 unspecified atom stereocenters. The van der Waals surface area contributed by atoms with Gasteiger partial charge < -0.3 is 19.9 Å². The monoisotopic (exact) mass is 383 g/mol. The lowest BCUT2D eigenvalue weighted by Crippen LogP contribution is -2.51. The number of aliphatic hydroxyl groups excluding tert-OH is 1. The van der Waals surface area contributed by atoms with Crippen molar-refractivity contribution >= 4 is 0 Å². The van der Waals surface area contributed by atoms with Crippen molar-refractivity contribution in [2.24, 2.45) is 5.92 Å². The first-order chi connectivity index (χ1) is 13.5. The number of nitrogens with one attached hydrogen (secondary N) is 1. The van der Waals surface area contributed by atoms with Crippen molar-refractivity contribution in [2.45, 2.75) is 44.2 Å². The van der Waals surface area contributed by atoms with Gasteiger partial charge in [-0.3, -0.25) is 0 Å². The molecule has 1 fully saturated rings. The van der Waals surface area contributed by atoms with Gasteiger partial charge in [-0.2, -0.15) is 0 Å². The van der Waals surface area contributed by atoms with Gasteiger partial charge in [0.15, 0.2) is 0 Å². The molecule has 3 rings (SSSR count). The minimum absolute atomic E-state index is 0.0926. The maximum absolute atomic E-state index is 10.3. The molecule has 0 amide bonds. The largest absolute Gasteiger partial charge is 0.497 e. The van der Waals surface area contributed by atoms with Crippen LogP contribution < -0.4 is 10.1 Å². The first-order valence-electron chi connectivity index (χ1n) is 10.1. The van der Waals surface area contributed by atoms with Gasteiger partial charge in [0.05, 0.1) is 12.7 Å². The van der Waals surface area contributed by atoms with E-state index in [9.17, 15) is 5.11 Å². The third kappa shape index (κ3) is 4.75. The van der Waals surface area contributed by atoms with Crippen LogP contribution in [0.2, 0.25) is 0 Å². The minimum atomic E-state index is -0.197. The number of ether oxygens (including phenoxy) is 2. The fraction of sp³-hybridized carbons (Fsp3) is 0.500. The molecule has 0 radical (unpaired) electrons. The lowest BCUT2D eigenvalue weighted by atomic mass is 9.62. The van der Waals surface area contributed by atoms with Crippen molar-refractivity contribution in [1.29, 1.82) is 0 Å². The summed E-state index contributed by atoms with van der Waals surface area (Å²) in [6.07, 6.45) is 1.83. The van der Waals surface area contributed by atoms with Crippen LogP contribution in [0.3, 0.4) is 0 Å². The molecule has 1 heterocycles. The molecule has 0 aliphatic carbocycles. The van der Waals surface area contributed by atoms with Crippen LogP contribution in [0.5, 0.6) is 5.75 Å². The van der Waals surface area contributed by atoms with Gasteiger partial charge in [0, 0.05) is 37.6 Å². The molecule has 2 atom stereocenters. The maximum atomic E-state index is 10.3. The number of hydrogen-bond acceptors (Lipinski definition) is 4. The zero-order chi connectivity index (χ0) is 20.0. The highest BCUT2D eigenvalue weighted by Crippen LogP contribution is 2.46. The lowest BCUT2D eigenvalue weighted by molar-refractivity contribution is -0.0991. The summed E-state index contributed by atoms with van der Waals surface area (Å²) in [6, 6.07) is 18.8. The highest BCUT2D eigenvalue weighted by atomic mass is 16.5. The van der Waals surface area contributed by atoms with Crippen LogP contribution >= 0.6 is 0 Å². The molecule has 0 aromatic heterocycles. The molecule has 152 valence electrons. The van der Waals surface area contributed by atoms with Crippen LogP contribution in [0, 0.1) is 5.92 Å². The van der Waals surface area contributed by atoms with Gasteiger partial charge in [0.2, 0.25) is 0 Å². The van der Waals surface area contributed by atoms with Crippen molar-refractivity contribution in [1.82, 2.24) is 5.32 Å². The van der Waals surface area contributed by atoms with Crippen molar-refractivity contribution in [3.8, 4) is 5.75 Å². The smallest absolute Gasteiger partial charge is 0.118 e. The average molecular weight is 384 g/mol. The Bertz CT molecular complexity index is 729. The highest BCUT2D eigenvalue weighted by molar-refractivity contribution is 5.29. The summed E-state index contributed by atoms with van der Waals surface area (Å²) < 4.78 is 11.2. The second-order valence-electron chi connectivity index (χ2n) is 8.42. The predicted octanol–water partition coefficient (Wildman–Crippen LogP) is 3.92. The SMILES string of the molecule is COc1ccc(CNCC(CO)C2(c3ccccc3)CCOC(C)(C)C2)cc1. The lowest BCUT2D eigenvalue weighted by Gasteiger charge is -2.49. The molecule has 0 bridgehead atoms. The Hall–Kier alpha value is -1.88. The Morgan fingerprint density at radius 1 is 1.11 bits per heavy atom. The first-order valence-corrected chi connectivity index (χ1v) is 10.1. The van der Waals surface area contributed by atoms with Crippen LogP contribution in [0.25, 0.3) is 0 Å². The number of methoxy groups -OCH3 is 1. The Morgan fingerprint density at radius 2 is 1.82 bits per heavy atom. The maximum Gasteiger partial charge on any atom is 0.118 e. The summed E-state index contributed by atoms with van der Waals surface area (Å²) in [6.45, 7) is 6.71. The van der Waals surface area contributed by atoms with Crippen molar-refractivity contribution in [2.75, 3.05) is 26.9 Å². The van der Waals surface area contributed by atoms with E-state index in [1.165, 1.54) is 11.1 Å². The normalized spacial score (nSPS) is 22.6. The van der Waals surface area contributed by atoms with Gasteiger partial charge >= 0.3 is 0 Å². The molecule has 2 aromatic rings. The van der Waals surface area contributed by atoms with E-state index in [0.717, 1.165) is 38.3 Å². The van der Waals surface area contributed by atoms with E-state index in [2.05, 4.69) is 61.6 Å². The van der Waals surface area contributed by atoms with Gasteiger partial charge in [-0.25, -0.2) is 0 Å². The predicted molar refractivity (Wildman–Crippen MR) is 113 cm³/mol. The van der Waals surface area contributed by atoms with E-state index in [1.807, 2.05) is 12.1 Å². The molecule has 1 aliphatic heterocycles. The number of hydrogen-bond donors (Lipinski definition) is 2. The standard InChI is InChI=1S/C24H33NO3/c1-23(2)18-24(13-14-28-23,20-7-5-4-6-8-20)21(17-26)16-25-15-19-9-11-22(27-3)12-10-19/h4-12,21,25-26H,13-18H2,1-3H3. The molecule has 0 saturated carbocycles. The molecule has 0 spiro atoms. The van der Waals surface area contributed by atoms with Crippen LogP contribution in [0.4, 0.5) is 0 Å². The van der Waals surface area contributed by atoms with E-state index < -0.39 is 0 Å².